The number of nitrogens with two attached hydrogens (primary N) is 1. The van der Waals surface area contributed by atoms with E-state index in [1.165, 1.54) is 0 Å². The van der Waals surface area contributed by atoms with Crippen LogP contribution in [0.1, 0.15) is 11.1 Å². The molecule has 0 heterocycles. The minimum Gasteiger partial charge on any atom is -0.344 e. The number of carbonyl (C=O) groups excluding carboxylic acids is 2. The summed E-state index contributed by atoms with van der Waals surface area (Å²) >= 11 is 5.82. The van der Waals surface area contributed by atoms with Crippen LogP contribution in [0.2, 0.25) is 5.02 Å². The third kappa shape index (κ3) is 4.58. The van der Waals surface area contributed by atoms with Crippen LogP contribution < -0.4 is 16.4 Å². The lowest BCUT2D eigenvalue weighted by Gasteiger charge is -2.07. The van der Waals surface area contributed by atoms with E-state index in [0.29, 0.717) is 17.3 Å². The average molecular weight is 318 g/mol. The van der Waals surface area contributed by atoms with Crippen LogP contribution in [-0.2, 0) is 22.7 Å². The zero-order valence-corrected chi connectivity index (χ0v) is 12.6. The molecule has 2 aromatic carbocycles. The van der Waals surface area contributed by atoms with Gasteiger partial charge in [-0.15, -0.1) is 0 Å². The first-order valence-electron chi connectivity index (χ1n) is 6.71. The summed E-state index contributed by atoms with van der Waals surface area (Å²) in [6.07, 6.45) is 0. The van der Waals surface area contributed by atoms with Crippen LogP contribution >= 0.6 is 11.6 Å². The number of hydrogen-bond donors (Lipinski definition) is 3. The van der Waals surface area contributed by atoms with Crippen LogP contribution in [0.4, 0.5) is 5.69 Å². The molecule has 0 saturated carbocycles. The molecular formula is C16H16ClN3O2. The van der Waals surface area contributed by atoms with Gasteiger partial charge in [0.25, 0.3) is 0 Å². The summed E-state index contributed by atoms with van der Waals surface area (Å²) < 4.78 is 0. The molecular weight excluding hydrogens is 302 g/mol. The van der Waals surface area contributed by atoms with E-state index in [1.54, 1.807) is 24.3 Å². The molecule has 0 bridgehead atoms. The molecule has 0 aliphatic rings. The molecule has 0 spiro atoms. The van der Waals surface area contributed by atoms with E-state index in [2.05, 4.69) is 10.6 Å². The molecule has 2 amide bonds. The van der Waals surface area contributed by atoms with Crippen molar-refractivity contribution in [1.82, 2.24) is 5.32 Å². The third-order valence-corrected chi connectivity index (χ3v) is 3.20. The Morgan fingerprint density at radius 3 is 2.45 bits per heavy atom. The summed E-state index contributed by atoms with van der Waals surface area (Å²) in [5.41, 5.74) is 7.88. The molecule has 0 aliphatic heterocycles. The summed E-state index contributed by atoms with van der Waals surface area (Å²) in [5, 5.41) is 5.53. The first-order valence-corrected chi connectivity index (χ1v) is 7.09. The van der Waals surface area contributed by atoms with Gasteiger partial charge in [0, 0.05) is 23.8 Å². The van der Waals surface area contributed by atoms with E-state index in [4.69, 9.17) is 17.3 Å². The fourth-order valence-corrected chi connectivity index (χ4v) is 2.07. The van der Waals surface area contributed by atoms with Gasteiger partial charge in [-0.2, -0.15) is 0 Å². The number of halogens is 1. The van der Waals surface area contributed by atoms with Crippen LogP contribution in [0.15, 0.2) is 48.5 Å². The van der Waals surface area contributed by atoms with Gasteiger partial charge in [0.1, 0.15) is 0 Å². The fourth-order valence-electron chi connectivity index (χ4n) is 1.88. The van der Waals surface area contributed by atoms with Crippen LogP contribution in [0.5, 0.6) is 0 Å². The van der Waals surface area contributed by atoms with Crippen molar-refractivity contribution in [3.63, 3.8) is 0 Å². The predicted octanol–water partition coefficient (Wildman–Crippen LogP) is 2.05. The standard InChI is InChI=1S/C16H16ClN3O2/c17-13-5-2-6-14(8-13)20-16(22)15(21)19-10-12-4-1-3-11(7-12)9-18/h1-8H,9-10,18H2,(H,19,21)(H,20,22). The Kier molecular flexibility index (Phi) is 5.52. The Morgan fingerprint density at radius 2 is 1.73 bits per heavy atom. The van der Waals surface area contributed by atoms with Gasteiger partial charge in [-0.1, -0.05) is 41.9 Å². The van der Waals surface area contributed by atoms with Gasteiger partial charge >= 0.3 is 11.8 Å². The molecule has 0 aromatic heterocycles. The number of hydrogen-bond acceptors (Lipinski definition) is 3. The highest BCUT2D eigenvalue weighted by molar-refractivity contribution is 6.39. The third-order valence-electron chi connectivity index (χ3n) is 2.97. The lowest BCUT2D eigenvalue weighted by molar-refractivity contribution is -0.136. The Bertz CT molecular complexity index is 689. The SMILES string of the molecule is NCc1cccc(CNC(=O)C(=O)Nc2cccc(Cl)c2)c1. The maximum atomic E-state index is 11.8. The average Bonchev–Trinajstić information content (AvgIpc) is 2.52. The highest BCUT2D eigenvalue weighted by Gasteiger charge is 2.13. The summed E-state index contributed by atoms with van der Waals surface area (Å²) in [5.74, 6) is -1.45. The Labute approximate surface area is 133 Å². The molecule has 114 valence electrons. The van der Waals surface area contributed by atoms with E-state index in [-0.39, 0.29) is 6.54 Å². The zero-order chi connectivity index (χ0) is 15.9. The minimum absolute atomic E-state index is 0.260. The fraction of sp³-hybridized carbons (Fsp3) is 0.125. The van der Waals surface area contributed by atoms with E-state index in [0.717, 1.165) is 11.1 Å². The summed E-state index contributed by atoms with van der Waals surface area (Å²) in [4.78, 5) is 23.6. The second-order valence-corrected chi connectivity index (χ2v) is 5.11. The van der Waals surface area contributed by atoms with E-state index < -0.39 is 11.8 Å². The first kappa shape index (κ1) is 16.0. The van der Waals surface area contributed by atoms with Crippen LogP contribution in [0.3, 0.4) is 0 Å². The largest absolute Gasteiger partial charge is 0.344 e. The Balaban J connectivity index is 1.90. The predicted molar refractivity (Wildman–Crippen MR) is 86.3 cm³/mol. The molecule has 0 fully saturated rings. The van der Waals surface area contributed by atoms with Crippen LogP contribution in [0.25, 0.3) is 0 Å². The molecule has 0 radical (unpaired) electrons. The number of anilines is 1. The molecule has 4 N–H and O–H groups in total. The van der Waals surface area contributed by atoms with Gasteiger partial charge in [-0.25, -0.2) is 0 Å². The quantitative estimate of drug-likeness (QED) is 0.755. The normalized spacial score (nSPS) is 10.1. The molecule has 0 aliphatic carbocycles. The maximum absolute atomic E-state index is 11.8. The molecule has 2 aromatic rings. The van der Waals surface area contributed by atoms with Crippen molar-refractivity contribution < 1.29 is 9.59 Å². The lowest BCUT2D eigenvalue weighted by Crippen LogP contribution is -2.34. The maximum Gasteiger partial charge on any atom is 0.313 e. The zero-order valence-electron chi connectivity index (χ0n) is 11.8. The van der Waals surface area contributed by atoms with Crippen LogP contribution in [-0.4, -0.2) is 11.8 Å². The molecule has 6 heteroatoms. The van der Waals surface area contributed by atoms with Gasteiger partial charge in [-0.05, 0) is 29.3 Å². The van der Waals surface area contributed by atoms with Gasteiger partial charge in [0.05, 0.1) is 0 Å². The van der Waals surface area contributed by atoms with Gasteiger partial charge in [-0.3, -0.25) is 9.59 Å². The monoisotopic (exact) mass is 317 g/mol. The first-order chi connectivity index (χ1) is 10.6. The Morgan fingerprint density at radius 1 is 1.00 bits per heavy atom. The minimum atomic E-state index is -0.739. The number of rotatable bonds is 4. The van der Waals surface area contributed by atoms with E-state index >= 15 is 0 Å². The summed E-state index contributed by atoms with van der Waals surface area (Å²) in [6.45, 7) is 0.687. The highest BCUT2D eigenvalue weighted by Crippen LogP contribution is 2.14. The molecule has 0 atom stereocenters. The van der Waals surface area contributed by atoms with Crippen molar-refractivity contribution in [2.75, 3.05) is 5.32 Å². The second-order valence-electron chi connectivity index (χ2n) is 4.67. The van der Waals surface area contributed by atoms with Crippen molar-refractivity contribution in [3.8, 4) is 0 Å². The van der Waals surface area contributed by atoms with E-state index in [9.17, 15) is 9.59 Å². The van der Waals surface area contributed by atoms with Crippen molar-refractivity contribution in [1.29, 1.82) is 0 Å². The highest BCUT2D eigenvalue weighted by atomic mass is 35.5. The van der Waals surface area contributed by atoms with Crippen molar-refractivity contribution in [3.05, 3.63) is 64.7 Å². The van der Waals surface area contributed by atoms with E-state index in [1.807, 2.05) is 24.3 Å². The topological polar surface area (TPSA) is 84.2 Å². The van der Waals surface area contributed by atoms with Crippen molar-refractivity contribution in [2.24, 2.45) is 5.73 Å². The lowest BCUT2D eigenvalue weighted by atomic mass is 10.1. The van der Waals surface area contributed by atoms with Crippen molar-refractivity contribution in [2.45, 2.75) is 13.1 Å². The molecule has 22 heavy (non-hydrogen) atoms. The number of amides is 2. The summed E-state index contributed by atoms with van der Waals surface area (Å²) in [6, 6.07) is 14.1. The smallest absolute Gasteiger partial charge is 0.313 e. The molecule has 0 unspecified atom stereocenters. The van der Waals surface area contributed by atoms with Crippen molar-refractivity contribution >= 4 is 29.1 Å². The number of carbonyl (C=O) groups is 2. The van der Waals surface area contributed by atoms with Crippen LogP contribution in [0, 0.1) is 0 Å². The number of nitrogens with one attached hydrogen (secondary N) is 2. The molecule has 2 rings (SSSR count). The second kappa shape index (κ2) is 7.59. The molecule has 0 saturated heterocycles. The molecule has 5 nitrogen and oxygen atoms in total. The Hall–Kier alpha value is -2.37. The van der Waals surface area contributed by atoms with Gasteiger partial charge in [0.15, 0.2) is 0 Å². The van der Waals surface area contributed by atoms with Gasteiger partial charge in [0.2, 0.25) is 0 Å². The number of benzene rings is 2. The van der Waals surface area contributed by atoms with Gasteiger partial charge < -0.3 is 16.4 Å². The summed E-state index contributed by atoms with van der Waals surface area (Å²) in [7, 11) is 0.